The Labute approximate surface area is 262 Å². The molecule has 0 bridgehead atoms. The summed E-state index contributed by atoms with van der Waals surface area (Å²) in [7, 11) is 0. The molecule has 1 aliphatic rings. The highest BCUT2D eigenvalue weighted by atomic mass is 35.5. The summed E-state index contributed by atoms with van der Waals surface area (Å²) < 4.78 is 14.0. The summed E-state index contributed by atoms with van der Waals surface area (Å²) in [6.45, 7) is 14.9. The van der Waals surface area contributed by atoms with Crippen LogP contribution in [0.15, 0.2) is 61.2 Å². The van der Waals surface area contributed by atoms with Crippen LogP contribution in [0.4, 0.5) is 5.82 Å². The first-order valence-corrected chi connectivity index (χ1v) is 15.1. The Morgan fingerprint density at radius 3 is 2.52 bits per heavy atom. The van der Waals surface area contributed by atoms with Crippen molar-refractivity contribution in [2.75, 3.05) is 24.6 Å². The number of carbonyl (C=O) groups is 1. The molecule has 0 aliphatic carbocycles. The molecule has 1 unspecified atom stereocenters. The van der Waals surface area contributed by atoms with Gasteiger partial charge in [-0.3, -0.25) is 0 Å². The average Bonchev–Trinajstić information content (AvgIpc) is 3.39. The number of aliphatic carboxylic acids is 1. The molecule has 1 saturated heterocycles. The fourth-order valence-corrected chi connectivity index (χ4v) is 5.81. The van der Waals surface area contributed by atoms with Crippen molar-refractivity contribution in [3.8, 4) is 28.1 Å². The summed E-state index contributed by atoms with van der Waals surface area (Å²) in [5, 5.41) is 26.4. The number of phenolic OH excluding ortho intramolecular Hbond substituents is 1. The number of carboxylic acid groups (broad SMARTS) is 1. The van der Waals surface area contributed by atoms with Crippen LogP contribution in [0.5, 0.6) is 5.75 Å². The molecule has 2 aromatic heterocycles. The quantitative estimate of drug-likeness (QED) is 0.189. The maximum atomic E-state index is 12.7. The second-order valence-corrected chi connectivity index (χ2v) is 12.9. The lowest BCUT2D eigenvalue weighted by molar-refractivity contribution is -0.160. The molecule has 0 spiro atoms. The fraction of sp³-hybridized carbons (Fsp3) is 0.382. The van der Waals surface area contributed by atoms with Crippen LogP contribution in [0.2, 0.25) is 5.02 Å². The van der Waals surface area contributed by atoms with E-state index in [0.717, 1.165) is 24.0 Å². The Balaban J connectivity index is 1.65. The van der Waals surface area contributed by atoms with E-state index in [0.29, 0.717) is 58.7 Å². The number of piperidine rings is 1. The molecule has 0 amide bonds. The van der Waals surface area contributed by atoms with Gasteiger partial charge < -0.3 is 24.6 Å². The number of nitrogens with zero attached hydrogens (tertiary/aromatic N) is 4. The standard InChI is InChI=1S/C34H39ClN4O5/c1-7-17-43-34(6)13-15-38(16-14-34)31-29(30(32(41)42)44-33(3,4)5)21(2)36-28-20-26(37-39(28)31)23-10-8-9-22(18-23)25-19-24(35)11-12-27(25)40/h7-12,18-20,30,40H,1,13-17H2,2-6H3,(H,41,42). The minimum Gasteiger partial charge on any atom is -0.507 e. The van der Waals surface area contributed by atoms with E-state index < -0.39 is 17.7 Å². The minimum atomic E-state index is -1.26. The van der Waals surface area contributed by atoms with Gasteiger partial charge in [-0.2, -0.15) is 9.61 Å². The van der Waals surface area contributed by atoms with E-state index in [-0.39, 0.29) is 11.4 Å². The second kappa shape index (κ2) is 12.2. The van der Waals surface area contributed by atoms with E-state index in [1.807, 2.05) is 58.0 Å². The highest BCUT2D eigenvalue weighted by Gasteiger charge is 2.37. The van der Waals surface area contributed by atoms with Crippen LogP contribution in [-0.2, 0) is 14.3 Å². The van der Waals surface area contributed by atoms with Crippen LogP contribution in [0, 0.1) is 6.92 Å². The fourth-order valence-electron chi connectivity index (χ4n) is 5.63. The number of halogens is 1. The first-order chi connectivity index (χ1) is 20.8. The number of aromatic hydroxyl groups is 1. The van der Waals surface area contributed by atoms with Crippen LogP contribution in [0.3, 0.4) is 0 Å². The van der Waals surface area contributed by atoms with Gasteiger partial charge in [0.25, 0.3) is 0 Å². The van der Waals surface area contributed by atoms with Gasteiger partial charge in [-0.25, -0.2) is 9.78 Å². The Kier molecular flexibility index (Phi) is 8.75. The number of carboxylic acids is 1. The van der Waals surface area contributed by atoms with Crippen molar-refractivity contribution in [2.24, 2.45) is 0 Å². The minimum absolute atomic E-state index is 0.124. The SMILES string of the molecule is C=CCOC1(C)CCN(c2c(C(OC(C)(C)C)C(=O)O)c(C)nc3cc(-c4cccc(-c5cc(Cl)ccc5O)c4)nn23)CC1. The first-order valence-electron chi connectivity index (χ1n) is 14.7. The van der Waals surface area contributed by atoms with Gasteiger partial charge in [0.1, 0.15) is 11.6 Å². The molecule has 3 heterocycles. The van der Waals surface area contributed by atoms with Crippen molar-refractivity contribution in [1.82, 2.24) is 14.6 Å². The first kappa shape index (κ1) is 31.5. The molecule has 10 heteroatoms. The average molecular weight is 619 g/mol. The zero-order valence-corrected chi connectivity index (χ0v) is 26.6. The molecule has 9 nitrogen and oxygen atoms in total. The molecule has 1 fully saturated rings. The molecular weight excluding hydrogens is 580 g/mol. The molecule has 0 radical (unpaired) electrons. The van der Waals surface area contributed by atoms with E-state index in [1.165, 1.54) is 0 Å². The van der Waals surface area contributed by atoms with Crippen molar-refractivity contribution < 1.29 is 24.5 Å². The normalized spacial score (nSPS) is 15.8. The molecule has 5 rings (SSSR count). The Hall–Kier alpha value is -3.92. The lowest BCUT2D eigenvalue weighted by Gasteiger charge is -2.41. The molecule has 2 N–H and O–H groups in total. The summed E-state index contributed by atoms with van der Waals surface area (Å²) in [6, 6.07) is 14.5. The van der Waals surface area contributed by atoms with Gasteiger partial charge in [-0.15, -0.1) is 6.58 Å². The summed E-state index contributed by atoms with van der Waals surface area (Å²) in [4.78, 5) is 19.7. The van der Waals surface area contributed by atoms with Crippen LogP contribution < -0.4 is 4.90 Å². The van der Waals surface area contributed by atoms with E-state index in [1.54, 1.807) is 28.8 Å². The van der Waals surface area contributed by atoms with Gasteiger partial charge in [0, 0.05) is 41.0 Å². The molecule has 232 valence electrons. The van der Waals surface area contributed by atoms with Gasteiger partial charge in [0.05, 0.1) is 29.1 Å². The predicted molar refractivity (Wildman–Crippen MR) is 172 cm³/mol. The van der Waals surface area contributed by atoms with Crippen molar-refractivity contribution in [2.45, 2.75) is 64.8 Å². The highest BCUT2D eigenvalue weighted by molar-refractivity contribution is 6.31. The summed E-state index contributed by atoms with van der Waals surface area (Å²) in [5.41, 5.74) is 3.43. The van der Waals surface area contributed by atoms with Crippen molar-refractivity contribution in [3.63, 3.8) is 0 Å². The van der Waals surface area contributed by atoms with E-state index in [9.17, 15) is 15.0 Å². The van der Waals surface area contributed by atoms with E-state index >= 15 is 0 Å². The Morgan fingerprint density at radius 2 is 1.86 bits per heavy atom. The monoisotopic (exact) mass is 618 g/mol. The van der Waals surface area contributed by atoms with Crippen LogP contribution in [0.25, 0.3) is 28.0 Å². The van der Waals surface area contributed by atoms with Gasteiger partial charge in [0.2, 0.25) is 0 Å². The summed E-state index contributed by atoms with van der Waals surface area (Å²) in [6.07, 6.45) is 1.97. The van der Waals surface area contributed by atoms with Crippen LogP contribution >= 0.6 is 11.6 Å². The largest absolute Gasteiger partial charge is 0.507 e. The van der Waals surface area contributed by atoms with Crippen molar-refractivity contribution in [3.05, 3.63) is 77.5 Å². The van der Waals surface area contributed by atoms with Gasteiger partial charge in [-0.05, 0) is 77.3 Å². The number of aryl methyl sites for hydroxylation is 1. The lowest BCUT2D eigenvalue weighted by Crippen LogP contribution is -2.45. The third-order valence-electron chi connectivity index (χ3n) is 7.86. The topological polar surface area (TPSA) is 109 Å². The smallest absolute Gasteiger partial charge is 0.337 e. The van der Waals surface area contributed by atoms with Gasteiger partial charge in [-0.1, -0.05) is 35.9 Å². The van der Waals surface area contributed by atoms with Crippen molar-refractivity contribution in [1.29, 1.82) is 0 Å². The zero-order chi connectivity index (χ0) is 31.8. The molecule has 0 saturated carbocycles. The lowest BCUT2D eigenvalue weighted by atomic mass is 9.92. The molecule has 2 aromatic carbocycles. The molecule has 1 aliphatic heterocycles. The number of aromatic nitrogens is 3. The molecule has 1 atom stereocenters. The van der Waals surface area contributed by atoms with E-state index in [4.69, 9.17) is 31.2 Å². The maximum Gasteiger partial charge on any atom is 0.337 e. The van der Waals surface area contributed by atoms with Gasteiger partial charge in [0.15, 0.2) is 11.8 Å². The highest BCUT2D eigenvalue weighted by Crippen LogP contribution is 2.39. The second-order valence-electron chi connectivity index (χ2n) is 12.5. The molecule has 4 aromatic rings. The van der Waals surface area contributed by atoms with E-state index in [2.05, 4.69) is 18.4 Å². The van der Waals surface area contributed by atoms with Crippen molar-refractivity contribution >= 4 is 29.0 Å². The number of anilines is 1. The number of phenols is 1. The third-order valence-corrected chi connectivity index (χ3v) is 8.10. The third kappa shape index (κ3) is 6.60. The van der Waals surface area contributed by atoms with Crippen LogP contribution in [-0.4, -0.2) is 61.7 Å². The summed E-state index contributed by atoms with van der Waals surface area (Å²) in [5.74, 6) is -0.327. The number of fused-ring (bicyclic) bond motifs is 1. The van der Waals surface area contributed by atoms with Crippen LogP contribution in [0.1, 0.15) is 57.9 Å². The molecule has 44 heavy (non-hydrogen) atoms. The maximum absolute atomic E-state index is 12.7. The Bertz CT molecular complexity index is 1700. The number of rotatable bonds is 9. The summed E-state index contributed by atoms with van der Waals surface area (Å²) >= 11 is 6.22. The Morgan fingerprint density at radius 1 is 1.16 bits per heavy atom. The van der Waals surface area contributed by atoms with Gasteiger partial charge >= 0.3 is 5.97 Å². The number of hydrogen-bond donors (Lipinski definition) is 2. The number of benzene rings is 2. The zero-order valence-electron chi connectivity index (χ0n) is 25.8. The molecular formula is C34H39ClN4O5. The predicted octanol–water partition coefficient (Wildman–Crippen LogP) is 7.23. The number of ether oxygens (including phenoxy) is 2. The number of hydrogen-bond acceptors (Lipinski definition) is 7.